The van der Waals surface area contributed by atoms with E-state index in [0.29, 0.717) is 16.9 Å². The highest BCUT2D eigenvalue weighted by molar-refractivity contribution is 5.71. The van der Waals surface area contributed by atoms with Crippen LogP contribution in [0.5, 0.6) is 5.75 Å². The van der Waals surface area contributed by atoms with Gasteiger partial charge in [-0.3, -0.25) is 0 Å². The van der Waals surface area contributed by atoms with Crippen LogP contribution in [0.1, 0.15) is 48.1 Å². The summed E-state index contributed by atoms with van der Waals surface area (Å²) in [5, 5.41) is 19.4. The molecule has 2 aromatic rings. The van der Waals surface area contributed by atoms with Gasteiger partial charge < -0.3 is 14.9 Å². The molecule has 0 aliphatic heterocycles. The predicted molar refractivity (Wildman–Crippen MR) is 98.8 cm³/mol. The van der Waals surface area contributed by atoms with Gasteiger partial charge in [-0.15, -0.1) is 0 Å². The van der Waals surface area contributed by atoms with Crippen LogP contribution in [0.4, 0.5) is 0 Å². The maximum absolute atomic E-state index is 9.68. The Balaban J connectivity index is 2.32. The van der Waals surface area contributed by atoms with Crippen molar-refractivity contribution in [1.29, 1.82) is 0 Å². The van der Waals surface area contributed by atoms with E-state index in [4.69, 9.17) is 4.74 Å². The summed E-state index contributed by atoms with van der Waals surface area (Å²) in [7, 11) is 0. The maximum atomic E-state index is 9.68. The summed E-state index contributed by atoms with van der Waals surface area (Å²) >= 11 is 0. The molecule has 0 saturated heterocycles. The zero-order chi connectivity index (χ0) is 17.5. The SMILES string of the molecule is CCC(C)Oc1c(CO)cc(C=Cc2ccc(C)cc2)cc1CO. The van der Waals surface area contributed by atoms with Crippen molar-refractivity contribution in [2.24, 2.45) is 0 Å². The first-order valence-electron chi connectivity index (χ1n) is 8.36. The molecule has 0 aromatic heterocycles. The smallest absolute Gasteiger partial charge is 0.130 e. The molecule has 128 valence electrons. The molecule has 0 fully saturated rings. The molecule has 3 nitrogen and oxygen atoms in total. The van der Waals surface area contributed by atoms with Gasteiger partial charge >= 0.3 is 0 Å². The number of hydrogen-bond donors (Lipinski definition) is 2. The van der Waals surface area contributed by atoms with Gasteiger partial charge in [-0.1, -0.05) is 48.9 Å². The lowest BCUT2D eigenvalue weighted by Gasteiger charge is -2.19. The molecule has 1 unspecified atom stereocenters. The van der Waals surface area contributed by atoms with Crippen LogP contribution in [0.25, 0.3) is 12.2 Å². The second kappa shape index (κ2) is 8.67. The second-order valence-corrected chi connectivity index (χ2v) is 6.07. The number of hydrogen-bond acceptors (Lipinski definition) is 3. The van der Waals surface area contributed by atoms with E-state index in [-0.39, 0.29) is 19.3 Å². The summed E-state index contributed by atoms with van der Waals surface area (Å²) in [5.74, 6) is 0.599. The average Bonchev–Trinajstić information content (AvgIpc) is 2.61. The lowest BCUT2D eigenvalue weighted by molar-refractivity contribution is 0.196. The van der Waals surface area contributed by atoms with Crippen molar-refractivity contribution < 1.29 is 14.9 Å². The van der Waals surface area contributed by atoms with Crippen LogP contribution in [0.15, 0.2) is 36.4 Å². The summed E-state index contributed by atoms with van der Waals surface area (Å²) in [6.45, 7) is 5.84. The Hall–Kier alpha value is -2.10. The van der Waals surface area contributed by atoms with Crippen molar-refractivity contribution in [2.45, 2.75) is 46.5 Å². The van der Waals surface area contributed by atoms with E-state index in [1.54, 1.807) is 0 Å². The summed E-state index contributed by atoms with van der Waals surface area (Å²) in [6.07, 6.45) is 4.90. The summed E-state index contributed by atoms with van der Waals surface area (Å²) in [6, 6.07) is 12.1. The first-order chi connectivity index (χ1) is 11.6. The van der Waals surface area contributed by atoms with E-state index in [2.05, 4.69) is 31.2 Å². The van der Waals surface area contributed by atoms with E-state index >= 15 is 0 Å². The Morgan fingerprint density at radius 1 is 0.958 bits per heavy atom. The molecule has 0 heterocycles. The molecule has 0 aliphatic rings. The minimum atomic E-state index is -0.120. The van der Waals surface area contributed by atoms with Crippen LogP contribution in [0, 0.1) is 6.92 Å². The molecule has 2 N–H and O–H groups in total. The van der Waals surface area contributed by atoms with Gasteiger partial charge in [0.15, 0.2) is 0 Å². The number of aliphatic hydroxyl groups excluding tert-OH is 2. The Bertz CT molecular complexity index is 662. The minimum absolute atomic E-state index is 0.0366. The molecule has 0 radical (unpaired) electrons. The molecule has 0 spiro atoms. The van der Waals surface area contributed by atoms with Gasteiger partial charge in [0, 0.05) is 11.1 Å². The fraction of sp³-hybridized carbons (Fsp3) is 0.333. The van der Waals surface area contributed by atoms with Gasteiger partial charge in [0.2, 0.25) is 0 Å². The van der Waals surface area contributed by atoms with Crippen LogP contribution in [-0.4, -0.2) is 16.3 Å². The molecule has 24 heavy (non-hydrogen) atoms. The van der Waals surface area contributed by atoms with Gasteiger partial charge in [-0.25, -0.2) is 0 Å². The van der Waals surface area contributed by atoms with Crippen molar-refractivity contribution in [3.8, 4) is 5.75 Å². The Labute approximate surface area is 144 Å². The Morgan fingerprint density at radius 2 is 1.50 bits per heavy atom. The van der Waals surface area contributed by atoms with E-state index in [1.807, 2.05) is 38.1 Å². The van der Waals surface area contributed by atoms with Crippen LogP contribution in [0.3, 0.4) is 0 Å². The number of rotatable bonds is 7. The maximum Gasteiger partial charge on any atom is 0.130 e. The van der Waals surface area contributed by atoms with Crippen molar-refractivity contribution in [2.75, 3.05) is 0 Å². The Kier molecular flexibility index (Phi) is 6.59. The predicted octanol–water partition coefficient (Wildman–Crippen LogP) is 4.33. The largest absolute Gasteiger partial charge is 0.490 e. The fourth-order valence-electron chi connectivity index (χ4n) is 2.42. The van der Waals surface area contributed by atoms with Crippen LogP contribution < -0.4 is 4.74 Å². The lowest BCUT2D eigenvalue weighted by Crippen LogP contribution is -2.13. The molecule has 0 aliphatic carbocycles. The van der Waals surface area contributed by atoms with E-state index in [1.165, 1.54) is 5.56 Å². The van der Waals surface area contributed by atoms with Gasteiger partial charge in [-0.2, -0.15) is 0 Å². The van der Waals surface area contributed by atoms with Gasteiger partial charge in [0.25, 0.3) is 0 Å². The monoisotopic (exact) mass is 326 g/mol. The molecular formula is C21H26O3. The van der Waals surface area contributed by atoms with E-state index in [0.717, 1.165) is 17.5 Å². The second-order valence-electron chi connectivity index (χ2n) is 6.07. The summed E-state index contributed by atoms with van der Waals surface area (Å²) in [5.41, 5.74) is 4.66. The number of aliphatic hydroxyl groups is 2. The zero-order valence-corrected chi connectivity index (χ0v) is 14.6. The molecule has 2 aromatic carbocycles. The molecule has 1 atom stereocenters. The van der Waals surface area contributed by atoms with Crippen LogP contribution in [0.2, 0.25) is 0 Å². The third-order valence-electron chi connectivity index (χ3n) is 4.05. The minimum Gasteiger partial charge on any atom is -0.490 e. The third kappa shape index (κ3) is 4.70. The molecule has 0 saturated carbocycles. The van der Waals surface area contributed by atoms with Gasteiger partial charge in [0.05, 0.1) is 19.3 Å². The average molecular weight is 326 g/mol. The first kappa shape index (κ1) is 18.2. The molecule has 3 heteroatoms. The van der Waals surface area contributed by atoms with Gasteiger partial charge in [-0.05, 0) is 43.5 Å². The lowest BCUT2D eigenvalue weighted by atomic mass is 10.0. The third-order valence-corrected chi connectivity index (χ3v) is 4.05. The molecule has 0 amide bonds. The van der Waals surface area contributed by atoms with Crippen molar-refractivity contribution >= 4 is 12.2 Å². The highest BCUT2D eigenvalue weighted by atomic mass is 16.5. The highest BCUT2D eigenvalue weighted by Gasteiger charge is 2.13. The van der Waals surface area contributed by atoms with Gasteiger partial charge in [0.1, 0.15) is 5.75 Å². The molecular weight excluding hydrogens is 300 g/mol. The number of ether oxygens (including phenoxy) is 1. The highest BCUT2D eigenvalue weighted by Crippen LogP contribution is 2.29. The van der Waals surface area contributed by atoms with Crippen molar-refractivity contribution in [3.63, 3.8) is 0 Å². The number of aryl methyl sites for hydroxylation is 1. The standard InChI is InChI=1S/C21H26O3/c1-4-16(3)24-21-19(13-22)11-18(12-20(21)14-23)10-9-17-7-5-15(2)6-8-17/h5-12,16,22-23H,4,13-14H2,1-3H3. The van der Waals surface area contributed by atoms with E-state index < -0.39 is 0 Å². The zero-order valence-electron chi connectivity index (χ0n) is 14.6. The van der Waals surface area contributed by atoms with E-state index in [9.17, 15) is 10.2 Å². The van der Waals surface area contributed by atoms with Crippen molar-refractivity contribution in [3.05, 3.63) is 64.2 Å². The topological polar surface area (TPSA) is 49.7 Å². The molecule has 2 rings (SSSR count). The number of benzene rings is 2. The first-order valence-corrected chi connectivity index (χ1v) is 8.36. The summed E-state index contributed by atoms with van der Waals surface area (Å²) < 4.78 is 5.89. The Morgan fingerprint density at radius 3 is 2.00 bits per heavy atom. The summed E-state index contributed by atoms with van der Waals surface area (Å²) in [4.78, 5) is 0. The van der Waals surface area contributed by atoms with Crippen molar-refractivity contribution in [1.82, 2.24) is 0 Å². The molecule has 0 bridgehead atoms. The normalized spacial score (nSPS) is 12.5. The fourth-order valence-corrected chi connectivity index (χ4v) is 2.42. The quantitative estimate of drug-likeness (QED) is 0.745. The van der Waals surface area contributed by atoms with Crippen LogP contribution >= 0.6 is 0 Å². The van der Waals surface area contributed by atoms with Crippen LogP contribution in [-0.2, 0) is 13.2 Å².